The minimum Gasteiger partial charge on any atom is -1.00 e. The van der Waals surface area contributed by atoms with Crippen molar-refractivity contribution in [1.82, 2.24) is 0 Å². The summed E-state index contributed by atoms with van der Waals surface area (Å²) in [4.78, 5) is 0. The van der Waals surface area contributed by atoms with Crippen molar-refractivity contribution in [2.24, 2.45) is 0 Å². The summed E-state index contributed by atoms with van der Waals surface area (Å²) in [6, 6.07) is 0. The second-order valence-corrected chi connectivity index (χ2v) is 3.00. The number of hydrogen-bond acceptors (Lipinski definition) is 2. The van der Waals surface area contributed by atoms with E-state index >= 15 is 0 Å². The van der Waals surface area contributed by atoms with Gasteiger partial charge in [0.2, 0.25) is 0 Å². The van der Waals surface area contributed by atoms with Crippen molar-refractivity contribution in [1.29, 1.82) is 0 Å². The molecule has 0 aliphatic heterocycles. The first kappa shape index (κ1) is 9.85. The molecule has 0 aromatic carbocycles. The fourth-order valence-electron chi connectivity index (χ4n) is 0. The topological polar surface area (TPSA) is 0 Å². The molecule has 0 aromatic rings. The van der Waals surface area contributed by atoms with E-state index in [4.69, 9.17) is 0 Å². The molecule has 0 atom stereocenters. The summed E-state index contributed by atoms with van der Waals surface area (Å²) in [6.07, 6.45) is 4.12. The van der Waals surface area contributed by atoms with Crippen LogP contribution in [-0.2, 0) is 0 Å². The third kappa shape index (κ3) is 10.7. The zero-order valence-electron chi connectivity index (χ0n) is 4.82. The minimum atomic E-state index is 0. The Bertz CT molecular complexity index is 13.5. The summed E-state index contributed by atoms with van der Waals surface area (Å²) in [5.41, 5.74) is 0. The third-order valence-electron chi connectivity index (χ3n) is 0.167. The second-order valence-electron chi connectivity index (χ2n) is 0.333. The Morgan fingerprint density at radius 3 is 1.40 bits per heavy atom. The standard InChI is InChI=1S/C2H6S2.Na.H/c1-3-4-2;;/h1-2H3;;/q;+1;-1. The maximum absolute atomic E-state index is 2.06. The van der Waals surface area contributed by atoms with Crippen molar-refractivity contribution in [3.8, 4) is 0 Å². The van der Waals surface area contributed by atoms with Crippen LogP contribution in [0.3, 0.4) is 0 Å². The molecule has 0 bridgehead atoms. The van der Waals surface area contributed by atoms with Crippen LogP contribution >= 0.6 is 21.6 Å². The summed E-state index contributed by atoms with van der Waals surface area (Å²) in [5, 5.41) is 0. The van der Waals surface area contributed by atoms with Gasteiger partial charge < -0.3 is 1.43 Å². The molecule has 0 saturated heterocycles. The predicted molar refractivity (Wildman–Crippen MR) is 28.1 cm³/mol. The molecule has 0 unspecified atom stereocenters. The van der Waals surface area contributed by atoms with Gasteiger partial charge in [0.05, 0.1) is 0 Å². The van der Waals surface area contributed by atoms with Gasteiger partial charge in [0, 0.05) is 0 Å². The van der Waals surface area contributed by atoms with E-state index in [1.165, 1.54) is 0 Å². The molecule has 0 saturated carbocycles. The fraction of sp³-hybridized carbons (Fsp3) is 1.00. The van der Waals surface area contributed by atoms with E-state index in [1.54, 1.807) is 21.6 Å². The molecule has 0 aliphatic rings. The summed E-state index contributed by atoms with van der Waals surface area (Å²) in [7, 11) is 3.55. The summed E-state index contributed by atoms with van der Waals surface area (Å²) in [6.45, 7) is 0. The van der Waals surface area contributed by atoms with E-state index in [9.17, 15) is 0 Å². The molecule has 0 heterocycles. The van der Waals surface area contributed by atoms with Gasteiger partial charge in [-0.25, -0.2) is 0 Å². The van der Waals surface area contributed by atoms with Gasteiger partial charge in [0.25, 0.3) is 0 Å². The SMILES string of the molecule is CSSC.[H-].[Na+]. The van der Waals surface area contributed by atoms with Crippen molar-refractivity contribution in [2.45, 2.75) is 0 Å². The molecule has 0 fully saturated rings. The van der Waals surface area contributed by atoms with Gasteiger partial charge >= 0.3 is 29.6 Å². The Hall–Kier alpha value is 1.70. The summed E-state index contributed by atoms with van der Waals surface area (Å²) < 4.78 is 0. The molecule has 0 radical (unpaired) electrons. The van der Waals surface area contributed by atoms with Crippen LogP contribution in [0.15, 0.2) is 0 Å². The zero-order valence-corrected chi connectivity index (χ0v) is 7.45. The molecule has 0 rings (SSSR count). The minimum absolute atomic E-state index is 0. The molecule has 28 valence electrons. The van der Waals surface area contributed by atoms with Gasteiger partial charge in [-0.15, -0.1) is 0 Å². The van der Waals surface area contributed by atoms with Crippen LogP contribution in [-0.4, -0.2) is 12.5 Å². The molecule has 3 heteroatoms. The first-order valence-corrected chi connectivity index (χ1v) is 3.95. The molecule has 0 spiro atoms. The Morgan fingerprint density at radius 2 is 1.40 bits per heavy atom. The molecular formula is C2H7NaS2. The van der Waals surface area contributed by atoms with Gasteiger partial charge in [-0.05, 0) is 12.5 Å². The Morgan fingerprint density at radius 1 is 1.20 bits per heavy atom. The monoisotopic (exact) mass is 118 g/mol. The average molecular weight is 118 g/mol. The maximum atomic E-state index is 2.06. The first-order valence-electron chi connectivity index (χ1n) is 0.983. The second kappa shape index (κ2) is 9.20. The van der Waals surface area contributed by atoms with Gasteiger partial charge in [-0.1, -0.05) is 21.6 Å². The van der Waals surface area contributed by atoms with Gasteiger partial charge in [0.1, 0.15) is 0 Å². The van der Waals surface area contributed by atoms with E-state index in [0.717, 1.165) is 0 Å². The van der Waals surface area contributed by atoms with Crippen molar-refractivity contribution < 1.29 is 31.0 Å². The van der Waals surface area contributed by atoms with Crippen LogP contribution in [0.1, 0.15) is 1.43 Å². The average Bonchev–Trinajstić information content (AvgIpc) is 1.37. The molecule has 0 amide bonds. The smallest absolute Gasteiger partial charge is 1.00 e. The van der Waals surface area contributed by atoms with E-state index < -0.39 is 0 Å². The van der Waals surface area contributed by atoms with Gasteiger partial charge in [0.15, 0.2) is 0 Å². The van der Waals surface area contributed by atoms with Crippen LogP contribution in [0.5, 0.6) is 0 Å². The van der Waals surface area contributed by atoms with Crippen molar-refractivity contribution in [3.05, 3.63) is 0 Å². The number of rotatable bonds is 1. The Kier molecular flexibility index (Phi) is 18.1. The van der Waals surface area contributed by atoms with E-state index in [2.05, 4.69) is 12.5 Å². The molecule has 5 heavy (non-hydrogen) atoms. The van der Waals surface area contributed by atoms with Crippen LogP contribution in [0, 0.1) is 0 Å². The quantitative estimate of drug-likeness (QED) is 0.311. The fourth-order valence-corrected chi connectivity index (χ4v) is 0. The van der Waals surface area contributed by atoms with Gasteiger partial charge in [-0.2, -0.15) is 0 Å². The van der Waals surface area contributed by atoms with Crippen LogP contribution in [0.2, 0.25) is 0 Å². The van der Waals surface area contributed by atoms with Crippen LogP contribution < -0.4 is 29.6 Å². The molecule has 0 aliphatic carbocycles. The molecule has 0 aromatic heterocycles. The van der Waals surface area contributed by atoms with E-state index in [1.807, 2.05) is 0 Å². The molecular weight excluding hydrogens is 111 g/mol. The maximum Gasteiger partial charge on any atom is 1.00 e. The normalized spacial score (nSPS) is 6.00. The van der Waals surface area contributed by atoms with E-state index in [-0.39, 0.29) is 31.0 Å². The third-order valence-corrected chi connectivity index (χ3v) is 1.50. The predicted octanol–water partition coefficient (Wildman–Crippen LogP) is -1.26. The van der Waals surface area contributed by atoms with Crippen LogP contribution in [0.25, 0.3) is 0 Å². The Labute approximate surface area is 64.6 Å². The van der Waals surface area contributed by atoms with Crippen LogP contribution in [0.4, 0.5) is 0 Å². The Balaban J connectivity index is -0.0000000450. The largest absolute Gasteiger partial charge is 1.00 e. The van der Waals surface area contributed by atoms with Gasteiger partial charge in [-0.3, -0.25) is 0 Å². The van der Waals surface area contributed by atoms with Crippen molar-refractivity contribution in [2.75, 3.05) is 12.5 Å². The first-order chi connectivity index (χ1) is 1.91. The van der Waals surface area contributed by atoms with Crippen molar-refractivity contribution >= 4 is 21.6 Å². The van der Waals surface area contributed by atoms with Crippen molar-refractivity contribution in [3.63, 3.8) is 0 Å². The molecule has 0 N–H and O–H groups in total. The van der Waals surface area contributed by atoms with E-state index in [0.29, 0.717) is 0 Å². The summed E-state index contributed by atoms with van der Waals surface area (Å²) >= 11 is 0. The molecule has 0 nitrogen and oxygen atoms in total. The zero-order chi connectivity index (χ0) is 3.41. The summed E-state index contributed by atoms with van der Waals surface area (Å²) in [5.74, 6) is 0. The number of hydrogen-bond donors (Lipinski definition) is 0.